The van der Waals surface area contributed by atoms with E-state index < -0.39 is 41.0 Å². The first-order valence-electron chi connectivity index (χ1n) is 10.1. The largest absolute Gasteiger partial charge is 0.467 e. The van der Waals surface area contributed by atoms with Crippen LogP contribution in [0.25, 0.3) is 11.1 Å². The maximum atomic E-state index is 13.4. The molecular weight excluding hydrogens is 441 g/mol. The summed E-state index contributed by atoms with van der Waals surface area (Å²) in [5.41, 5.74) is -1.55. The molecule has 0 fully saturated rings. The molecule has 2 rings (SSSR count). The van der Waals surface area contributed by atoms with Crippen molar-refractivity contribution in [3.63, 3.8) is 0 Å². The number of methoxy groups -OCH3 is 1. The van der Waals surface area contributed by atoms with Crippen LogP contribution in [0.15, 0.2) is 35.3 Å². The third-order valence-corrected chi connectivity index (χ3v) is 4.80. The van der Waals surface area contributed by atoms with Crippen LogP contribution < -0.4 is 10.9 Å². The number of ether oxygens (including phenoxy) is 2. The van der Waals surface area contributed by atoms with Gasteiger partial charge in [-0.1, -0.05) is 24.3 Å². The van der Waals surface area contributed by atoms with E-state index >= 15 is 0 Å². The summed E-state index contributed by atoms with van der Waals surface area (Å²) in [4.78, 5) is 36.8. The second-order valence-corrected chi connectivity index (χ2v) is 8.58. The zero-order valence-electron chi connectivity index (χ0n) is 19.3. The number of carbonyl (C=O) groups excluding carboxylic acids is 2. The van der Waals surface area contributed by atoms with E-state index in [1.165, 1.54) is 33.2 Å². The number of alkyl halides is 3. The number of hydrogen-bond donors (Lipinski definition) is 1. The molecule has 1 heterocycles. The van der Waals surface area contributed by atoms with E-state index in [4.69, 9.17) is 9.47 Å². The van der Waals surface area contributed by atoms with Crippen LogP contribution in [-0.4, -0.2) is 35.4 Å². The fourth-order valence-corrected chi connectivity index (χ4v) is 3.27. The van der Waals surface area contributed by atoms with E-state index in [9.17, 15) is 27.6 Å². The zero-order valence-corrected chi connectivity index (χ0v) is 19.3. The molecule has 0 saturated carbocycles. The van der Waals surface area contributed by atoms with E-state index in [0.29, 0.717) is 11.1 Å². The van der Waals surface area contributed by atoms with Gasteiger partial charge in [0.25, 0.3) is 5.56 Å². The summed E-state index contributed by atoms with van der Waals surface area (Å²) < 4.78 is 50.9. The molecule has 180 valence electrons. The molecule has 1 amide bonds. The third kappa shape index (κ3) is 6.59. The minimum absolute atomic E-state index is 0.0474. The smallest absolute Gasteiger partial charge is 0.418 e. The molecule has 0 aliphatic heterocycles. The van der Waals surface area contributed by atoms with Gasteiger partial charge in [0.05, 0.1) is 18.2 Å². The Kier molecular flexibility index (Phi) is 7.61. The van der Waals surface area contributed by atoms with Crippen molar-refractivity contribution in [1.82, 2.24) is 9.88 Å². The van der Waals surface area contributed by atoms with Gasteiger partial charge in [0.2, 0.25) is 0 Å². The van der Waals surface area contributed by atoms with Crippen LogP contribution in [0.3, 0.4) is 0 Å². The number of benzene rings is 1. The van der Waals surface area contributed by atoms with Crippen molar-refractivity contribution in [2.75, 3.05) is 7.11 Å². The number of nitrogens with one attached hydrogen (secondary N) is 1. The molecule has 0 radical (unpaired) electrons. The Labute approximate surface area is 189 Å². The molecule has 0 saturated heterocycles. The number of pyridine rings is 1. The van der Waals surface area contributed by atoms with E-state index in [0.717, 1.165) is 10.8 Å². The van der Waals surface area contributed by atoms with Gasteiger partial charge in [-0.3, -0.25) is 4.79 Å². The molecule has 33 heavy (non-hydrogen) atoms. The minimum Gasteiger partial charge on any atom is -0.467 e. The lowest BCUT2D eigenvalue weighted by atomic mass is 9.96. The molecular formula is C23H27F3N2O5. The quantitative estimate of drug-likeness (QED) is 0.671. The lowest BCUT2D eigenvalue weighted by molar-refractivity contribution is -0.143. The number of hydrogen-bond acceptors (Lipinski definition) is 5. The first-order valence-corrected chi connectivity index (χ1v) is 10.1. The number of aryl methyl sites for hydroxylation is 1. The van der Waals surface area contributed by atoms with Gasteiger partial charge in [0, 0.05) is 19.7 Å². The van der Waals surface area contributed by atoms with Gasteiger partial charge in [-0.2, -0.15) is 13.2 Å². The van der Waals surface area contributed by atoms with Crippen molar-refractivity contribution in [2.24, 2.45) is 7.05 Å². The highest BCUT2D eigenvalue weighted by Gasteiger charge is 2.35. The Hall–Kier alpha value is -3.30. The number of esters is 1. The van der Waals surface area contributed by atoms with Crippen molar-refractivity contribution in [3.8, 4) is 11.1 Å². The van der Waals surface area contributed by atoms with Crippen molar-refractivity contribution in [3.05, 3.63) is 57.5 Å². The summed E-state index contributed by atoms with van der Waals surface area (Å²) in [6, 6.07) is 5.10. The van der Waals surface area contributed by atoms with Gasteiger partial charge in [-0.05, 0) is 44.4 Å². The van der Waals surface area contributed by atoms with Gasteiger partial charge in [0.1, 0.15) is 11.6 Å². The molecule has 0 aliphatic carbocycles. The number of alkyl carbamates (subject to hydrolysis) is 1. The third-order valence-electron chi connectivity index (χ3n) is 4.80. The Morgan fingerprint density at radius 1 is 1.12 bits per heavy atom. The van der Waals surface area contributed by atoms with Crippen LogP contribution >= 0.6 is 0 Å². The average Bonchev–Trinajstić information content (AvgIpc) is 2.68. The van der Waals surface area contributed by atoms with E-state index in [-0.39, 0.29) is 17.5 Å². The van der Waals surface area contributed by atoms with Crippen LogP contribution in [0.2, 0.25) is 0 Å². The topological polar surface area (TPSA) is 86.6 Å². The highest BCUT2D eigenvalue weighted by Crippen LogP contribution is 2.34. The molecule has 2 aromatic rings. The first-order chi connectivity index (χ1) is 15.1. The maximum absolute atomic E-state index is 13.4. The molecule has 0 spiro atoms. The van der Waals surface area contributed by atoms with Crippen molar-refractivity contribution >= 4 is 12.1 Å². The number of rotatable bonds is 5. The normalized spacial score (nSPS) is 12.8. The Morgan fingerprint density at radius 3 is 2.18 bits per heavy atom. The van der Waals surface area contributed by atoms with Gasteiger partial charge < -0.3 is 19.4 Å². The molecule has 7 nitrogen and oxygen atoms in total. The highest BCUT2D eigenvalue weighted by atomic mass is 19.4. The van der Waals surface area contributed by atoms with Crippen LogP contribution in [0.1, 0.15) is 37.5 Å². The lowest BCUT2D eigenvalue weighted by Crippen LogP contribution is -2.45. The monoisotopic (exact) mass is 468 g/mol. The number of aromatic nitrogens is 1. The van der Waals surface area contributed by atoms with Gasteiger partial charge in [-0.15, -0.1) is 0 Å². The molecule has 1 N–H and O–H groups in total. The van der Waals surface area contributed by atoms with Crippen LogP contribution in [0.4, 0.5) is 18.0 Å². The van der Waals surface area contributed by atoms with Crippen molar-refractivity contribution in [1.29, 1.82) is 0 Å². The summed E-state index contributed by atoms with van der Waals surface area (Å²) in [6.45, 7) is 6.29. The predicted molar refractivity (Wildman–Crippen MR) is 116 cm³/mol. The van der Waals surface area contributed by atoms with Crippen molar-refractivity contribution < 1.29 is 32.2 Å². The number of halogens is 3. The molecule has 10 heteroatoms. The Balaban J connectivity index is 2.34. The molecule has 0 bridgehead atoms. The summed E-state index contributed by atoms with van der Waals surface area (Å²) in [6.07, 6.45) is -4.58. The summed E-state index contributed by atoms with van der Waals surface area (Å²) >= 11 is 0. The van der Waals surface area contributed by atoms with Gasteiger partial charge >= 0.3 is 18.2 Å². The van der Waals surface area contributed by atoms with Gasteiger partial charge in [-0.25, -0.2) is 9.59 Å². The predicted octanol–water partition coefficient (Wildman–Crippen LogP) is 3.99. The molecule has 1 aromatic carbocycles. The summed E-state index contributed by atoms with van der Waals surface area (Å²) in [7, 11) is 2.44. The molecule has 1 atom stereocenters. The molecule has 0 unspecified atom stereocenters. The number of carbonyl (C=O) groups is 2. The molecule has 1 aromatic heterocycles. The zero-order chi connectivity index (χ0) is 25.1. The number of nitrogens with zero attached hydrogens (tertiary/aromatic N) is 1. The van der Waals surface area contributed by atoms with Crippen LogP contribution in [-0.2, 0) is 33.9 Å². The SMILES string of the molecule is COC(=O)[C@H](Cc1ccc(-c2c(C)c(C(F)(F)F)cn(C)c2=O)cc1)NC(=O)OC(C)(C)C. The van der Waals surface area contributed by atoms with E-state index in [1.807, 2.05) is 0 Å². The standard InChI is InChI=1S/C23H27F3N2O5/c1-13-16(23(24,25)26)12-28(5)19(29)18(13)15-9-7-14(8-10-15)11-17(20(30)32-6)27-21(31)33-22(2,3)4/h7-10,12,17H,11H2,1-6H3,(H,27,31)/t17-/m0/s1. The number of amides is 1. The summed E-state index contributed by atoms with van der Waals surface area (Å²) in [5.74, 6) is -0.687. The Morgan fingerprint density at radius 2 is 1.70 bits per heavy atom. The van der Waals surface area contributed by atoms with Crippen LogP contribution in [0.5, 0.6) is 0 Å². The second-order valence-electron chi connectivity index (χ2n) is 8.58. The lowest BCUT2D eigenvalue weighted by Gasteiger charge is -2.22. The van der Waals surface area contributed by atoms with E-state index in [1.54, 1.807) is 32.9 Å². The average molecular weight is 468 g/mol. The van der Waals surface area contributed by atoms with E-state index in [2.05, 4.69) is 5.32 Å². The summed E-state index contributed by atoms with van der Waals surface area (Å²) in [5, 5.41) is 2.45. The fraction of sp³-hybridized carbons (Fsp3) is 0.435. The minimum atomic E-state index is -4.61. The first kappa shape index (κ1) is 26.0. The van der Waals surface area contributed by atoms with Gasteiger partial charge in [0.15, 0.2) is 0 Å². The fourth-order valence-electron chi connectivity index (χ4n) is 3.27. The molecule has 0 aliphatic rings. The highest BCUT2D eigenvalue weighted by molar-refractivity contribution is 5.81. The second kappa shape index (κ2) is 9.68. The Bertz CT molecular complexity index is 1080. The van der Waals surface area contributed by atoms with Crippen molar-refractivity contribution in [2.45, 2.75) is 51.9 Å². The maximum Gasteiger partial charge on any atom is 0.418 e. The van der Waals surface area contributed by atoms with Crippen LogP contribution in [0, 0.1) is 6.92 Å².